The largest absolute Gasteiger partial charge is 0.315 e. The zero-order valence-corrected chi connectivity index (χ0v) is 19.4. The molecule has 0 aliphatic carbocycles. The van der Waals surface area contributed by atoms with E-state index in [1.165, 1.54) is 11.8 Å². The molecule has 0 spiro atoms. The van der Waals surface area contributed by atoms with Gasteiger partial charge in [0.25, 0.3) is 5.91 Å². The Morgan fingerprint density at radius 2 is 1.83 bits per heavy atom. The second-order valence-electron chi connectivity index (χ2n) is 7.51. The number of nitrogens with zero attached hydrogens (tertiary/aromatic N) is 2. The second kappa shape index (κ2) is 7.89. The third-order valence-corrected chi connectivity index (χ3v) is 8.85. The highest BCUT2D eigenvalue weighted by Gasteiger charge is 2.50. The van der Waals surface area contributed by atoms with Gasteiger partial charge in [-0.1, -0.05) is 58.0 Å². The van der Waals surface area contributed by atoms with Crippen molar-refractivity contribution in [3.05, 3.63) is 63.6 Å². The maximum Gasteiger partial charge on any atom is 0.252 e. The van der Waals surface area contributed by atoms with E-state index in [1.807, 2.05) is 61.2 Å². The van der Waals surface area contributed by atoms with Crippen LogP contribution in [0.25, 0.3) is 0 Å². The topological polar surface area (TPSA) is 66.8 Å². The molecule has 1 amide bonds. The van der Waals surface area contributed by atoms with Crippen LogP contribution >= 0.6 is 27.7 Å². The summed E-state index contributed by atoms with van der Waals surface area (Å²) >= 11 is 4.93. The van der Waals surface area contributed by atoms with E-state index in [-0.39, 0.29) is 35.1 Å². The summed E-state index contributed by atoms with van der Waals surface area (Å²) in [5, 5.41) is 0.495. The summed E-state index contributed by atoms with van der Waals surface area (Å²) in [6.45, 7) is 4.00. The Balaban J connectivity index is 1.72. The van der Waals surface area contributed by atoms with Crippen molar-refractivity contribution in [2.24, 2.45) is 4.99 Å². The molecule has 5 nitrogen and oxygen atoms in total. The van der Waals surface area contributed by atoms with Gasteiger partial charge in [-0.05, 0) is 42.7 Å². The summed E-state index contributed by atoms with van der Waals surface area (Å²) in [5.74, 6) is -0.0100. The lowest BCUT2D eigenvalue weighted by atomic mass is 10.1. The fourth-order valence-corrected chi connectivity index (χ4v) is 8.63. The number of fused-ring (bicyclic) bond motifs is 1. The third-order valence-electron chi connectivity index (χ3n) is 5.18. The first-order valence-electron chi connectivity index (χ1n) is 9.32. The zero-order valence-electron chi connectivity index (χ0n) is 16.1. The molecule has 0 N–H and O–H groups in total. The van der Waals surface area contributed by atoms with Gasteiger partial charge < -0.3 is 4.90 Å². The number of amides is 1. The lowest BCUT2D eigenvalue weighted by molar-refractivity contribution is -0.117. The minimum Gasteiger partial charge on any atom is -0.315 e. The highest BCUT2D eigenvalue weighted by atomic mass is 79.9. The standard InChI is InChI=1S/C21H21BrN2O3S2/c1-13-8-16(22)9-14(2)20(13)24-17-11-29(26,27)12-18(17)28-21(24)23-19(25)10-15-6-4-3-5-7-15/h3-9,17-18H,10-12H2,1-2H3/t17-,18+/m0/s1. The lowest BCUT2D eigenvalue weighted by Crippen LogP contribution is -2.38. The van der Waals surface area contributed by atoms with E-state index < -0.39 is 9.84 Å². The van der Waals surface area contributed by atoms with Gasteiger partial charge in [-0.25, -0.2) is 8.42 Å². The van der Waals surface area contributed by atoms with Gasteiger partial charge in [-0.2, -0.15) is 4.99 Å². The van der Waals surface area contributed by atoms with Crippen molar-refractivity contribution in [3.8, 4) is 0 Å². The monoisotopic (exact) mass is 492 g/mol. The Hall–Kier alpha value is -1.64. The zero-order chi connectivity index (χ0) is 20.8. The van der Waals surface area contributed by atoms with Crippen LogP contribution < -0.4 is 4.90 Å². The number of aryl methyl sites for hydroxylation is 2. The molecule has 2 heterocycles. The number of thioether (sulfide) groups is 1. The normalized spacial score (nSPS) is 24.1. The fraction of sp³-hybridized carbons (Fsp3) is 0.333. The van der Waals surface area contributed by atoms with E-state index in [9.17, 15) is 13.2 Å². The van der Waals surface area contributed by atoms with Crippen molar-refractivity contribution in [2.75, 3.05) is 16.4 Å². The van der Waals surface area contributed by atoms with Crippen LogP contribution in [0.5, 0.6) is 0 Å². The third kappa shape index (κ3) is 4.29. The molecule has 2 atom stereocenters. The number of amidine groups is 1. The summed E-state index contributed by atoms with van der Waals surface area (Å²) in [7, 11) is -3.09. The second-order valence-corrected chi connectivity index (χ2v) is 11.8. The molecule has 0 bridgehead atoms. The van der Waals surface area contributed by atoms with Crippen LogP contribution in [-0.2, 0) is 21.1 Å². The summed E-state index contributed by atoms with van der Waals surface area (Å²) in [5.41, 5.74) is 3.89. The first kappa shape index (κ1) is 20.6. The first-order valence-corrected chi connectivity index (χ1v) is 12.8. The molecule has 2 aromatic rings. The Morgan fingerprint density at radius 3 is 2.48 bits per heavy atom. The van der Waals surface area contributed by atoms with Gasteiger partial charge in [0.2, 0.25) is 0 Å². The fourth-order valence-electron chi connectivity index (χ4n) is 4.03. The van der Waals surface area contributed by atoms with Crippen LogP contribution in [0.1, 0.15) is 16.7 Å². The number of carbonyl (C=O) groups is 1. The summed E-state index contributed by atoms with van der Waals surface area (Å²) in [6.07, 6.45) is 0.227. The van der Waals surface area contributed by atoms with Crippen molar-refractivity contribution >= 4 is 54.3 Å². The van der Waals surface area contributed by atoms with Gasteiger partial charge >= 0.3 is 0 Å². The average molecular weight is 493 g/mol. The highest BCUT2D eigenvalue weighted by molar-refractivity contribution is 9.10. The molecule has 152 valence electrons. The Bertz CT molecular complexity index is 1080. The Labute approximate surface area is 183 Å². The number of benzene rings is 2. The van der Waals surface area contributed by atoms with Crippen molar-refractivity contribution in [1.29, 1.82) is 0 Å². The average Bonchev–Trinajstić information content (AvgIpc) is 3.07. The number of hydrogen-bond donors (Lipinski definition) is 0. The van der Waals surface area contributed by atoms with Gasteiger partial charge in [0.15, 0.2) is 15.0 Å². The smallest absolute Gasteiger partial charge is 0.252 e. The Morgan fingerprint density at radius 1 is 1.17 bits per heavy atom. The van der Waals surface area contributed by atoms with Gasteiger partial charge in [0.05, 0.1) is 24.0 Å². The van der Waals surface area contributed by atoms with Gasteiger partial charge in [0, 0.05) is 15.4 Å². The van der Waals surface area contributed by atoms with Gasteiger partial charge in [-0.3, -0.25) is 4.79 Å². The van der Waals surface area contributed by atoms with E-state index in [0.717, 1.165) is 26.9 Å². The number of aliphatic imine (C=N–C) groups is 1. The summed E-state index contributed by atoms with van der Waals surface area (Å²) < 4.78 is 25.5. The lowest BCUT2D eigenvalue weighted by Gasteiger charge is -2.28. The molecule has 4 rings (SSSR count). The molecule has 0 radical (unpaired) electrons. The van der Waals surface area contributed by atoms with Crippen LogP contribution in [-0.4, -0.2) is 42.3 Å². The van der Waals surface area contributed by atoms with Crippen LogP contribution in [0.2, 0.25) is 0 Å². The molecular formula is C21H21BrN2O3S2. The SMILES string of the molecule is Cc1cc(Br)cc(C)c1N1C(=NC(=O)Cc2ccccc2)S[C@@H]2CS(=O)(=O)C[C@@H]21. The van der Waals surface area contributed by atoms with Crippen LogP contribution in [0.15, 0.2) is 51.9 Å². The number of sulfone groups is 1. The number of hydrogen-bond acceptors (Lipinski definition) is 4. The molecule has 2 aliphatic heterocycles. The number of halogens is 1. The van der Waals surface area contributed by atoms with Crippen molar-refractivity contribution in [1.82, 2.24) is 0 Å². The molecule has 2 saturated heterocycles. The van der Waals surface area contributed by atoms with Crippen molar-refractivity contribution in [3.63, 3.8) is 0 Å². The van der Waals surface area contributed by atoms with Crippen molar-refractivity contribution in [2.45, 2.75) is 31.6 Å². The van der Waals surface area contributed by atoms with E-state index in [4.69, 9.17) is 0 Å². The number of carbonyl (C=O) groups excluding carboxylic acids is 1. The molecule has 29 heavy (non-hydrogen) atoms. The molecule has 0 unspecified atom stereocenters. The minimum atomic E-state index is -3.09. The number of rotatable bonds is 3. The van der Waals surface area contributed by atoms with E-state index >= 15 is 0 Å². The van der Waals surface area contributed by atoms with E-state index in [0.29, 0.717) is 5.17 Å². The number of anilines is 1. The molecule has 0 saturated carbocycles. The molecule has 2 aromatic carbocycles. The maximum absolute atomic E-state index is 12.7. The summed E-state index contributed by atoms with van der Waals surface area (Å²) in [4.78, 5) is 19.1. The molecule has 0 aromatic heterocycles. The predicted octanol–water partition coefficient (Wildman–Crippen LogP) is 3.91. The molecule has 2 aliphatic rings. The van der Waals surface area contributed by atoms with E-state index in [1.54, 1.807) is 0 Å². The van der Waals surface area contributed by atoms with Crippen LogP contribution in [0.4, 0.5) is 5.69 Å². The first-order chi connectivity index (χ1) is 13.7. The Kier molecular flexibility index (Phi) is 5.61. The molecule has 2 fully saturated rings. The highest BCUT2D eigenvalue weighted by Crippen LogP contribution is 2.43. The van der Waals surface area contributed by atoms with Gasteiger partial charge in [0.1, 0.15) is 0 Å². The van der Waals surface area contributed by atoms with Gasteiger partial charge in [-0.15, -0.1) is 0 Å². The maximum atomic E-state index is 12.7. The quantitative estimate of drug-likeness (QED) is 0.649. The molecule has 8 heteroatoms. The van der Waals surface area contributed by atoms with Crippen LogP contribution in [0.3, 0.4) is 0 Å². The van der Waals surface area contributed by atoms with Crippen LogP contribution in [0, 0.1) is 13.8 Å². The van der Waals surface area contributed by atoms with E-state index in [2.05, 4.69) is 20.9 Å². The summed E-state index contributed by atoms with van der Waals surface area (Å²) in [6, 6.07) is 13.3. The predicted molar refractivity (Wildman–Crippen MR) is 123 cm³/mol. The minimum absolute atomic E-state index is 0.0888. The van der Waals surface area contributed by atoms with Crippen molar-refractivity contribution < 1.29 is 13.2 Å². The molecular weight excluding hydrogens is 472 g/mol.